The van der Waals surface area contributed by atoms with Crippen LogP contribution in [0.4, 0.5) is 8.78 Å². The standard InChI is InChI=1S/C21H20F2N6O2/c1-15(31-11-17-10-29(27-26-17)18-5-3-2-4-6-18)21(30,12-28-14-24-13-25-28)19-8-7-16(22)9-20(19)23/h2-10,13-15,30H,11-12H2,1H3/t15-,21-/m1/s1. The molecule has 10 heteroatoms. The SMILES string of the molecule is C[C@@H](OCc1cn(-c2ccccc2)nn1)[C@](O)(Cn1cncn1)c1ccc(F)cc1F. The lowest BCUT2D eigenvalue weighted by molar-refractivity contribution is -0.124. The molecular weight excluding hydrogens is 406 g/mol. The largest absolute Gasteiger partial charge is 0.380 e. The molecule has 0 amide bonds. The first kappa shape index (κ1) is 20.8. The van der Waals surface area contributed by atoms with Gasteiger partial charge in [0.05, 0.1) is 31.1 Å². The average Bonchev–Trinajstić information content (AvgIpc) is 3.44. The fourth-order valence-electron chi connectivity index (χ4n) is 3.25. The molecule has 0 aliphatic heterocycles. The van der Waals surface area contributed by atoms with E-state index in [-0.39, 0.29) is 18.7 Å². The lowest BCUT2D eigenvalue weighted by atomic mass is 9.88. The van der Waals surface area contributed by atoms with Crippen LogP contribution in [0.3, 0.4) is 0 Å². The summed E-state index contributed by atoms with van der Waals surface area (Å²) >= 11 is 0. The van der Waals surface area contributed by atoms with Crippen LogP contribution < -0.4 is 0 Å². The first-order valence-corrected chi connectivity index (χ1v) is 9.54. The van der Waals surface area contributed by atoms with Crippen molar-refractivity contribution in [3.05, 3.63) is 90.3 Å². The molecule has 0 spiro atoms. The Morgan fingerprint density at radius 1 is 1.16 bits per heavy atom. The van der Waals surface area contributed by atoms with Gasteiger partial charge in [0, 0.05) is 11.6 Å². The molecule has 0 saturated carbocycles. The van der Waals surface area contributed by atoms with E-state index in [9.17, 15) is 13.9 Å². The Balaban J connectivity index is 1.55. The Kier molecular flexibility index (Phi) is 5.83. The van der Waals surface area contributed by atoms with E-state index < -0.39 is 23.3 Å². The third-order valence-electron chi connectivity index (χ3n) is 4.98. The molecule has 0 unspecified atom stereocenters. The summed E-state index contributed by atoms with van der Waals surface area (Å²) in [5.74, 6) is -1.62. The molecule has 2 aromatic carbocycles. The van der Waals surface area contributed by atoms with Gasteiger partial charge in [-0.05, 0) is 25.1 Å². The van der Waals surface area contributed by atoms with Gasteiger partial charge < -0.3 is 9.84 Å². The van der Waals surface area contributed by atoms with Gasteiger partial charge in [0.1, 0.15) is 35.6 Å². The lowest BCUT2D eigenvalue weighted by Gasteiger charge is -2.34. The van der Waals surface area contributed by atoms with Gasteiger partial charge in [0.25, 0.3) is 0 Å². The maximum Gasteiger partial charge on any atom is 0.138 e. The smallest absolute Gasteiger partial charge is 0.138 e. The molecule has 2 heterocycles. The van der Waals surface area contributed by atoms with E-state index in [1.165, 1.54) is 23.4 Å². The highest BCUT2D eigenvalue weighted by Gasteiger charge is 2.40. The molecule has 31 heavy (non-hydrogen) atoms. The van der Waals surface area contributed by atoms with Gasteiger partial charge in [-0.3, -0.25) is 0 Å². The fraction of sp³-hybridized carbons (Fsp3) is 0.238. The molecule has 4 rings (SSSR count). The zero-order chi connectivity index (χ0) is 21.8. The number of benzene rings is 2. The predicted molar refractivity (Wildman–Crippen MR) is 106 cm³/mol. The zero-order valence-electron chi connectivity index (χ0n) is 16.6. The second-order valence-electron chi connectivity index (χ2n) is 7.08. The van der Waals surface area contributed by atoms with Crippen LogP contribution in [-0.4, -0.2) is 41.0 Å². The highest BCUT2D eigenvalue weighted by Crippen LogP contribution is 2.32. The Morgan fingerprint density at radius 2 is 1.97 bits per heavy atom. The number of hydrogen-bond donors (Lipinski definition) is 1. The van der Waals surface area contributed by atoms with E-state index in [0.29, 0.717) is 5.69 Å². The van der Waals surface area contributed by atoms with Crippen LogP contribution in [0.15, 0.2) is 67.4 Å². The summed E-state index contributed by atoms with van der Waals surface area (Å²) in [5.41, 5.74) is -0.588. The van der Waals surface area contributed by atoms with E-state index in [4.69, 9.17) is 4.74 Å². The number of nitrogens with zero attached hydrogens (tertiary/aromatic N) is 6. The molecule has 2 atom stereocenters. The number of ether oxygens (including phenoxy) is 1. The summed E-state index contributed by atoms with van der Waals surface area (Å²) in [4.78, 5) is 3.85. The van der Waals surface area contributed by atoms with E-state index in [2.05, 4.69) is 20.4 Å². The first-order valence-electron chi connectivity index (χ1n) is 9.54. The number of rotatable bonds is 8. The molecule has 4 aromatic rings. The van der Waals surface area contributed by atoms with Crippen molar-refractivity contribution in [1.29, 1.82) is 0 Å². The molecule has 160 valence electrons. The number of aliphatic hydroxyl groups is 1. The van der Waals surface area contributed by atoms with Crippen LogP contribution in [-0.2, 0) is 23.5 Å². The molecular formula is C21H20F2N6O2. The van der Waals surface area contributed by atoms with E-state index >= 15 is 0 Å². The van der Waals surface area contributed by atoms with Crippen molar-refractivity contribution in [3.8, 4) is 5.69 Å². The second-order valence-corrected chi connectivity index (χ2v) is 7.08. The normalized spacial score (nSPS) is 14.3. The zero-order valence-corrected chi connectivity index (χ0v) is 16.6. The quantitative estimate of drug-likeness (QED) is 0.466. The van der Waals surface area contributed by atoms with Crippen molar-refractivity contribution in [1.82, 2.24) is 29.8 Å². The molecule has 0 fully saturated rings. The minimum atomic E-state index is -1.85. The summed E-state index contributed by atoms with van der Waals surface area (Å²) < 4.78 is 36.8. The van der Waals surface area contributed by atoms with Gasteiger partial charge in [-0.2, -0.15) is 5.10 Å². The van der Waals surface area contributed by atoms with Crippen molar-refractivity contribution >= 4 is 0 Å². The number of hydrogen-bond acceptors (Lipinski definition) is 6. The average molecular weight is 426 g/mol. The number of aromatic nitrogens is 6. The van der Waals surface area contributed by atoms with Gasteiger partial charge in [0.15, 0.2) is 0 Å². The summed E-state index contributed by atoms with van der Waals surface area (Å²) in [5, 5.41) is 23.6. The van der Waals surface area contributed by atoms with Crippen molar-refractivity contribution in [2.75, 3.05) is 0 Å². The molecule has 0 bridgehead atoms. The summed E-state index contributed by atoms with van der Waals surface area (Å²) in [6.07, 6.45) is 3.50. The molecule has 8 nitrogen and oxygen atoms in total. The van der Waals surface area contributed by atoms with Crippen LogP contribution in [0, 0.1) is 11.6 Å². The third-order valence-corrected chi connectivity index (χ3v) is 4.98. The topological polar surface area (TPSA) is 90.9 Å². The Labute approximate surface area is 176 Å². The minimum Gasteiger partial charge on any atom is -0.380 e. The summed E-state index contributed by atoms with van der Waals surface area (Å²) in [6.45, 7) is 1.48. The summed E-state index contributed by atoms with van der Waals surface area (Å²) in [6, 6.07) is 12.5. The Hall–Kier alpha value is -3.50. The predicted octanol–water partition coefficient (Wildman–Crippen LogP) is 2.63. The van der Waals surface area contributed by atoms with Gasteiger partial charge in [-0.1, -0.05) is 29.5 Å². The second kappa shape index (κ2) is 8.70. The lowest BCUT2D eigenvalue weighted by Crippen LogP contribution is -2.44. The molecule has 0 aliphatic rings. The van der Waals surface area contributed by atoms with Crippen molar-refractivity contribution < 1.29 is 18.6 Å². The molecule has 2 aromatic heterocycles. The van der Waals surface area contributed by atoms with Crippen LogP contribution >= 0.6 is 0 Å². The number of halogens is 2. The number of para-hydroxylation sites is 1. The first-order chi connectivity index (χ1) is 15.0. The molecule has 1 N–H and O–H groups in total. The fourth-order valence-corrected chi connectivity index (χ4v) is 3.25. The van der Waals surface area contributed by atoms with Gasteiger partial charge >= 0.3 is 0 Å². The molecule has 0 saturated heterocycles. The van der Waals surface area contributed by atoms with Gasteiger partial charge in [0.2, 0.25) is 0 Å². The van der Waals surface area contributed by atoms with Crippen LogP contribution in [0.1, 0.15) is 18.2 Å². The Morgan fingerprint density at radius 3 is 2.68 bits per heavy atom. The van der Waals surface area contributed by atoms with Gasteiger partial charge in [-0.25, -0.2) is 23.1 Å². The van der Waals surface area contributed by atoms with Crippen LogP contribution in [0.2, 0.25) is 0 Å². The van der Waals surface area contributed by atoms with Crippen molar-refractivity contribution in [2.45, 2.75) is 31.8 Å². The third kappa shape index (κ3) is 4.49. The van der Waals surface area contributed by atoms with Crippen molar-refractivity contribution in [3.63, 3.8) is 0 Å². The van der Waals surface area contributed by atoms with Crippen LogP contribution in [0.5, 0.6) is 0 Å². The van der Waals surface area contributed by atoms with E-state index in [1.807, 2.05) is 30.3 Å². The minimum absolute atomic E-state index is 0.0243. The van der Waals surface area contributed by atoms with Crippen molar-refractivity contribution in [2.24, 2.45) is 0 Å². The van der Waals surface area contributed by atoms with Gasteiger partial charge in [-0.15, -0.1) is 5.10 Å². The summed E-state index contributed by atoms with van der Waals surface area (Å²) in [7, 11) is 0. The molecule has 0 aliphatic carbocycles. The Bertz CT molecular complexity index is 1140. The van der Waals surface area contributed by atoms with E-state index in [1.54, 1.807) is 17.8 Å². The highest BCUT2D eigenvalue weighted by molar-refractivity contribution is 5.30. The molecule has 0 radical (unpaired) electrons. The maximum absolute atomic E-state index is 14.6. The monoisotopic (exact) mass is 426 g/mol. The highest BCUT2D eigenvalue weighted by atomic mass is 19.1. The van der Waals surface area contributed by atoms with Crippen LogP contribution in [0.25, 0.3) is 5.69 Å². The maximum atomic E-state index is 14.6. The van der Waals surface area contributed by atoms with E-state index in [0.717, 1.165) is 17.8 Å².